The standard InChI is InChI=1S/C16H20N6/c17-9-10-4-5-12-11(8-10)13-14(19-12)20-16(18)21-15(13)22-6-2-1-3-7-22/h4-5,8H,1-3,6-7,9,17H2,(H3,18,19,20,21). The van der Waals surface area contributed by atoms with E-state index < -0.39 is 0 Å². The van der Waals surface area contributed by atoms with E-state index in [2.05, 4.69) is 32.0 Å². The molecule has 0 unspecified atom stereocenters. The predicted octanol–water partition coefficient (Wildman–Crippen LogP) is 2.14. The van der Waals surface area contributed by atoms with E-state index in [1.165, 1.54) is 19.3 Å². The second-order valence-corrected chi connectivity index (χ2v) is 5.89. The monoisotopic (exact) mass is 296 g/mol. The molecular weight excluding hydrogens is 276 g/mol. The topological polar surface area (TPSA) is 96.8 Å². The van der Waals surface area contributed by atoms with Crippen LogP contribution in [0.3, 0.4) is 0 Å². The van der Waals surface area contributed by atoms with Crippen LogP contribution in [0.25, 0.3) is 21.9 Å². The first-order valence-corrected chi connectivity index (χ1v) is 7.79. The van der Waals surface area contributed by atoms with Crippen molar-refractivity contribution in [3.63, 3.8) is 0 Å². The summed E-state index contributed by atoms with van der Waals surface area (Å²) >= 11 is 0. The molecule has 114 valence electrons. The highest BCUT2D eigenvalue weighted by atomic mass is 15.2. The lowest BCUT2D eigenvalue weighted by molar-refractivity contribution is 0.575. The molecule has 1 aliphatic heterocycles. The van der Waals surface area contributed by atoms with E-state index >= 15 is 0 Å². The molecule has 2 aromatic heterocycles. The molecule has 0 radical (unpaired) electrons. The molecule has 5 N–H and O–H groups in total. The van der Waals surface area contributed by atoms with Gasteiger partial charge in [0.25, 0.3) is 0 Å². The first-order valence-electron chi connectivity index (χ1n) is 7.79. The fourth-order valence-corrected chi connectivity index (χ4v) is 3.30. The Balaban J connectivity index is 2.00. The van der Waals surface area contributed by atoms with Crippen LogP contribution in [0.15, 0.2) is 18.2 Å². The van der Waals surface area contributed by atoms with E-state index in [4.69, 9.17) is 11.5 Å². The average molecular weight is 296 g/mol. The zero-order valence-corrected chi connectivity index (χ0v) is 12.5. The van der Waals surface area contributed by atoms with Crippen LogP contribution in [0.1, 0.15) is 24.8 Å². The third-order valence-electron chi connectivity index (χ3n) is 4.40. The molecule has 1 saturated heterocycles. The number of piperidine rings is 1. The molecule has 3 heterocycles. The number of nitrogen functional groups attached to an aromatic ring is 1. The van der Waals surface area contributed by atoms with Gasteiger partial charge < -0.3 is 21.4 Å². The molecule has 0 aliphatic carbocycles. The lowest BCUT2D eigenvalue weighted by Crippen LogP contribution is -2.30. The van der Waals surface area contributed by atoms with Crippen LogP contribution in [0.2, 0.25) is 0 Å². The number of aromatic amines is 1. The van der Waals surface area contributed by atoms with Gasteiger partial charge in [-0.25, -0.2) is 0 Å². The second kappa shape index (κ2) is 5.14. The van der Waals surface area contributed by atoms with Gasteiger partial charge in [-0.2, -0.15) is 9.97 Å². The van der Waals surface area contributed by atoms with Crippen molar-refractivity contribution in [3.05, 3.63) is 23.8 Å². The van der Waals surface area contributed by atoms with Gasteiger partial charge in [-0.1, -0.05) is 6.07 Å². The summed E-state index contributed by atoms with van der Waals surface area (Å²) in [5, 5.41) is 2.18. The van der Waals surface area contributed by atoms with Gasteiger partial charge in [-0.05, 0) is 37.0 Å². The van der Waals surface area contributed by atoms with Crippen LogP contribution >= 0.6 is 0 Å². The number of rotatable bonds is 2. The normalized spacial score (nSPS) is 15.8. The zero-order chi connectivity index (χ0) is 15.1. The maximum Gasteiger partial charge on any atom is 0.223 e. The molecule has 0 atom stereocenters. The van der Waals surface area contributed by atoms with Gasteiger partial charge in [-0.3, -0.25) is 0 Å². The number of hydrogen-bond donors (Lipinski definition) is 3. The molecule has 1 aromatic carbocycles. The fraction of sp³-hybridized carbons (Fsp3) is 0.375. The average Bonchev–Trinajstić information content (AvgIpc) is 2.91. The summed E-state index contributed by atoms with van der Waals surface area (Å²) < 4.78 is 0. The molecule has 3 aromatic rings. The Bertz CT molecular complexity index is 831. The van der Waals surface area contributed by atoms with Gasteiger partial charge in [-0.15, -0.1) is 0 Å². The summed E-state index contributed by atoms with van der Waals surface area (Å²) in [5.41, 5.74) is 14.7. The van der Waals surface area contributed by atoms with Gasteiger partial charge in [0.2, 0.25) is 5.95 Å². The number of benzene rings is 1. The maximum atomic E-state index is 5.92. The predicted molar refractivity (Wildman–Crippen MR) is 89.8 cm³/mol. The number of aromatic nitrogens is 3. The summed E-state index contributed by atoms with van der Waals surface area (Å²) in [7, 11) is 0. The summed E-state index contributed by atoms with van der Waals surface area (Å²) in [5.74, 6) is 1.27. The quantitative estimate of drug-likeness (QED) is 0.673. The number of H-pyrrole nitrogens is 1. The smallest absolute Gasteiger partial charge is 0.223 e. The molecule has 4 rings (SSSR count). The van der Waals surface area contributed by atoms with E-state index in [1.54, 1.807) is 0 Å². The lowest BCUT2D eigenvalue weighted by atomic mass is 10.1. The summed E-state index contributed by atoms with van der Waals surface area (Å²) in [6, 6.07) is 6.21. The largest absolute Gasteiger partial charge is 0.368 e. The Labute approximate surface area is 128 Å². The van der Waals surface area contributed by atoms with Gasteiger partial charge in [0.15, 0.2) is 0 Å². The van der Waals surface area contributed by atoms with E-state index in [-0.39, 0.29) is 0 Å². The van der Waals surface area contributed by atoms with Crippen LogP contribution in [0.4, 0.5) is 11.8 Å². The van der Waals surface area contributed by atoms with Gasteiger partial charge >= 0.3 is 0 Å². The highest BCUT2D eigenvalue weighted by molar-refractivity contribution is 6.11. The first-order chi connectivity index (χ1) is 10.8. The zero-order valence-electron chi connectivity index (χ0n) is 12.5. The van der Waals surface area contributed by atoms with E-state index in [0.29, 0.717) is 12.5 Å². The summed E-state index contributed by atoms with van der Waals surface area (Å²) in [6.07, 6.45) is 3.68. The number of fused-ring (bicyclic) bond motifs is 3. The molecule has 0 amide bonds. The van der Waals surface area contributed by atoms with Crippen LogP contribution in [0.5, 0.6) is 0 Å². The molecule has 0 bridgehead atoms. The maximum absolute atomic E-state index is 5.92. The molecular formula is C16H20N6. The SMILES string of the molecule is NCc1ccc2[nH]c3nc(N)nc(N4CCCCC4)c3c2c1. The number of nitrogens with one attached hydrogen (secondary N) is 1. The van der Waals surface area contributed by atoms with E-state index in [0.717, 1.165) is 46.4 Å². The van der Waals surface area contributed by atoms with E-state index in [1.807, 2.05) is 6.07 Å². The number of nitrogens with two attached hydrogens (primary N) is 2. The van der Waals surface area contributed by atoms with Crippen LogP contribution in [0, 0.1) is 0 Å². The van der Waals surface area contributed by atoms with Crippen molar-refractivity contribution >= 4 is 33.7 Å². The minimum Gasteiger partial charge on any atom is -0.368 e. The molecule has 0 spiro atoms. The molecule has 6 nitrogen and oxygen atoms in total. The summed E-state index contributed by atoms with van der Waals surface area (Å²) in [4.78, 5) is 14.6. The Kier molecular flexibility index (Phi) is 3.11. The van der Waals surface area contributed by atoms with Crippen molar-refractivity contribution in [1.29, 1.82) is 0 Å². The fourth-order valence-electron chi connectivity index (χ4n) is 3.30. The Hall–Kier alpha value is -2.34. The number of hydrogen-bond acceptors (Lipinski definition) is 5. The molecule has 0 saturated carbocycles. The van der Waals surface area contributed by atoms with Crippen LogP contribution in [-0.2, 0) is 6.54 Å². The van der Waals surface area contributed by atoms with Gasteiger partial charge in [0.05, 0.1) is 5.39 Å². The lowest BCUT2D eigenvalue weighted by Gasteiger charge is -2.28. The third-order valence-corrected chi connectivity index (χ3v) is 4.40. The van der Waals surface area contributed by atoms with Crippen molar-refractivity contribution in [1.82, 2.24) is 15.0 Å². The third kappa shape index (κ3) is 2.07. The molecule has 1 fully saturated rings. The van der Waals surface area contributed by atoms with Crippen molar-refractivity contribution in [2.75, 3.05) is 23.7 Å². The Morgan fingerprint density at radius 1 is 1.14 bits per heavy atom. The van der Waals surface area contributed by atoms with Gasteiger partial charge in [0, 0.05) is 30.5 Å². The molecule has 1 aliphatic rings. The molecule has 6 heteroatoms. The minimum absolute atomic E-state index is 0.318. The van der Waals surface area contributed by atoms with Crippen molar-refractivity contribution in [2.24, 2.45) is 5.73 Å². The van der Waals surface area contributed by atoms with Crippen molar-refractivity contribution in [3.8, 4) is 0 Å². The van der Waals surface area contributed by atoms with Crippen LogP contribution in [-0.4, -0.2) is 28.0 Å². The second-order valence-electron chi connectivity index (χ2n) is 5.89. The van der Waals surface area contributed by atoms with Crippen LogP contribution < -0.4 is 16.4 Å². The highest BCUT2D eigenvalue weighted by Crippen LogP contribution is 2.33. The minimum atomic E-state index is 0.318. The Morgan fingerprint density at radius 2 is 1.95 bits per heavy atom. The van der Waals surface area contributed by atoms with Gasteiger partial charge in [0.1, 0.15) is 11.5 Å². The number of anilines is 2. The van der Waals surface area contributed by atoms with E-state index in [9.17, 15) is 0 Å². The van der Waals surface area contributed by atoms with Crippen molar-refractivity contribution in [2.45, 2.75) is 25.8 Å². The first kappa shape index (κ1) is 13.3. The highest BCUT2D eigenvalue weighted by Gasteiger charge is 2.19. The number of nitrogens with zero attached hydrogens (tertiary/aromatic N) is 3. The molecule has 22 heavy (non-hydrogen) atoms. The Morgan fingerprint density at radius 3 is 2.73 bits per heavy atom. The summed E-state index contributed by atoms with van der Waals surface area (Å²) in [6.45, 7) is 2.57. The van der Waals surface area contributed by atoms with Crippen molar-refractivity contribution < 1.29 is 0 Å².